The largest absolute Gasteiger partial charge is 0.381 e. The van der Waals surface area contributed by atoms with Crippen LogP contribution >= 0.6 is 15.9 Å². The first kappa shape index (κ1) is 15.9. The van der Waals surface area contributed by atoms with Gasteiger partial charge in [0, 0.05) is 43.2 Å². The van der Waals surface area contributed by atoms with Gasteiger partial charge in [0.2, 0.25) is 0 Å². The second kappa shape index (κ2) is 6.98. The molecule has 2 rings (SSSR count). The molecule has 1 heterocycles. The van der Waals surface area contributed by atoms with Gasteiger partial charge in [-0.25, -0.2) is 4.39 Å². The first-order chi connectivity index (χ1) is 9.55. The number of benzene rings is 1. The van der Waals surface area contributed by atoms with E-state index < -0.39 is 0 Å². The fourth-order valence-electron chi connectivity index (χ4n) is 2.80. The molecule has 1 aromatic carbocycles. The van der Waals surface area contributed by atoms with Crippen LogP contribution in [0.5, 0.6) is 0 Å². The van der Waals surface area contributed by atoms with E-state index in [-0.39, 0.29) is 17.5 Å². The zero-order chi connectivity index (χ0) is 14.6. The van der Waals surface area contributed by atoms with Gasteiger partial charge in [-0.2, -0.15) is 0 Å². The predicted molar refractivity (Wildman–Crippen MR) is 80.2 cm³/mol. The van der Waals surface area contributed by atoms with Crippen LogP contribution in [0.1, 0.15) is 25.3 Å². The summed E-state index contributed by atoms with van der Waals surface area (Å²) in [4.78, 5) is 0. The van der Waals surface area contributed by atoms with Gasteiger partial charge < -0.3 is 15.2 Å². The van der Waals surface area contributed by atoms with Gasteiger partial charge in [0.1, 0.15) is 5.82 Å². The van der Waals surface area contributed by atoms with E-state index in [1.807, 2.05) is 13.0 Å². The molecule has 2 N–H and O–H groups in total. The molecule has 112 valence electrons. The second-order valence-electron chi connectivity index (χ2n) is 5.20. The van der Waals surface area contributed by atoms with Gasteiger partial charge in [0.05, 0.1) is 5.60 Å². The van der Waals surface area contributed by atoms with Crippen LogP contribution in [0.2, 0.25) is 0 Å². The Morgan fingerprint density at radius 1 is 1.40 bits per heavy atom. The van der Waals surface area contributed by atoms with E-state index in [0.717, 1.165) is 22.9 Å². The van der Waals surface area contributed by atoms with Crippen molar-refractivity contribution < 1.29 is 13.9 Å². The van der Waals surface area contributed by atoms with Crippen molar-refractivity contribution in [3.8, 4) is 0 Å². The monoisotopic (exact) mass is 345 g/mol. The van der Waals surface area contributed by atoms with Crippen LogP contribution < -0.4 is 5.73 Å². The Morgan fingerprint density at radius 3 is 2.70 bits per heavy atom. The average molecular weight is 346 g/mol. The van der Waals surface area contributed by atoms with Crippen LogP contribution in [0.25, 0.3) is 0 Å². The molecule has 0 saturated carbocycles. The van der Waals surface area contributed by atoms with Crippen molar-refractivity contribution in [3.05, 3.63) is 34.1 Å². The molecule has 0 bridgehead atoms. The molecule has 0 aromatic heterocycles. The Bertz CT molecular complexity index is 424. The lowest BCUT2D eigenvalue weighted by Crippen LogP contribution is -2.54. The summed E-state index contributed by atoms with van der Waals surface area (Å²) in [5.41, 5.74) is 6.91. The maximum absolute atomic E-state index is 13.4. The Hall–Kier alpha value is -0.490. The minimum atomic E-state index is -0.355. The van der Waals surface area contributed by atoms with E-state index in [1.54, 1.807) is 0 Å². The van der Waals surface area contributed by atoms with Crippen LogP contribution in [0.4, 0.5) is 4.39 Å². The van der Waals surface area contributed by atoms with Crippen molar-refractivity contribution in [1.29, 1.82) is 0 Å². The summed E-state index contributed by atoms with van der Waals surface area (Å²) in [7, 11) is 0. The van der Waals surface area contributed by atoms with E-state index in [4.69, 9.17) is 15.2 Å². The molecule has 1 aliphatic rings. The number of halogens is 2. The lowest BCUT2D eigenvalue weighted by Gasteiger charge is -2.41. The number of hydrogen-bond acceptors (Lipinski definition) is 3. The molecule has 3 nitrogen and oxygen atoms in total. The van der Waals surface area contributed by atoms with Gasteiger partial charge in [-0.3, -0.25) is 0 Å². The normalized spacial score (nSPS) is 19.8. The second-order valence-corrected chi connectivity index (χ2v) is 6.11. The molecule has 1 fully saturated rings. The van der Waals surface area contributed by atoms with Crippen LogP contribution in [0.15, 0.2) is 22.7 Å². The highest BCUT2D eigenvalue weighted by Gasteiger charge is 2.39. The summed E-state index contributed by atoms with van der Waals surface area (Å²) in [5, 5.41) is 0. The summed E-state index contributed by atoms with van der Waals surface area (Å²) in [6.07, 6.45) is 2.17. The van der Waals surface area contributed by atoms with Gasteiger partial charge in [-0.05, 0) is 37.1 Å². The molecule has 0 aliphatic carbocycles. The number of hydrogen-bond donors (Lipinski definition) is 1. The zero-order valence-corrected chi connectivity index (χ0v) is 13.3. The van der Waals surface area contributed by atoms with Gasteiger partial charge in [0.25, 0.3) is 0 Å². The number of ether oxygens (including phenoxy) is 2. The lowest BCUT2D eigenvalue weighted by atomic mass is 9.83. The van der Waals surface area contributed by atoms with Gasteiger partial charge in [0.15, 0.2) is 0 Å². The Kier molecular flexibility index (Phi) is 5.55. The minimum absolute atomic E-state index is 0.167. The first-order valence-corrected chi connectivity index (χ1v) is 7.77. The van der Waals surface area contributed by atoms with Crippen molar-refractivity contribution >= 4 is 15.9 Å². The van der Waals surface area contributed by atoms with Crippen LogP contribution in [-0.2, 0) is 15.9 Å². The van der Waals surface area contributed by atoms with E-state index in [0.29, 0.717) is 26.2 Å². The summed E-state index contributed by atoms with van der Waals surface area (Å²) in [5.74, 6) is -0.251. The highest BCUT2D eigenvalue weighted by molar-refractivity contribution is 9.10. The molecule has 5 heteroatoms. The summed E-state index contributed by atoms with van der Waals surface area (Å²) in [6.45, 7) is 3.93. The molecule has 0 radical (unpaired) electrons. The number of nitrogens with two attached hydrogens (primary N) is 1. The third-order valence-corrected chi connectivity index (χ3v) is 4.28. The van der Waals surface area contributed by atoms with Crippen molar-refractivity contribution in [2.24, 2.45) is 5.73 Å². The lowest BCUT2D eigenvalue weighted by molar-refractivity contribution is -0.120. The average Bonchev–Trinajstić information content (AvgIpc) is 2.38. The maximum Gasteiger partial charge on any atom is 0.124 e. The quantitative estimate of drug-likeness (QED) is 0.891. The van der Waals surface area contributed by atoms with E-state index >= 15 is 0 Å². The molecule has 1 aliphatic heterocycles. The molecule has 1 saturated heterocycles. The fourth-order valence-corrected chi connectivity index (χ4v) is 3.31. The highest BCUT2D eigenvalue weighted by atomic mass is 79.9. The highest BCUT2D eigenvalue weighted by Crippen LogP contribution is 2.30. The molecular weight excluding hydrogens is 325 g/mol. The van der Waals surface area contributed by atoms with Crippen molar-refractivity contribution in [1.82, 2.24) is 0 Å². The minimum Gasteiger partial charge on any atom is -0.381 e. The fraction of sp³-hybridized carbons (Fsp3) is 0.600. The van der Waals surface area contributed by atoms with Crippen LogP contribution in [0.3, 0.4) is 0 Å². The maximum atomic E-state index is 13.4. The topological polar surface area (TPSA) is 44.5 Å². The smallest absolute Gasteiger partial charge is 0.124 e. The summed E-state index contributed by atoms with van der Waals surface area (Å²) in [6, 6.07) is 4.72. The van der Waals surface area contributed by atoms with Gasteiger partial charge in [-0.15, -0.1) is 0 Å². The predicted octanol–water partition coefficient (Wildman–Crippen LogP) is 3.04. The molecule has 0 spiro atoms. The molecule has 1 aromatic rings. The van der Waals surface area contributed by atoms with Crippen molar-refractivity contribution in [2.45, 2.75) is 37.8 Å². The van der Waals surface area contributed by atoms with E-state index in [2.05, 4.69) is 15.9 Å². The molecular formula is C15H21BrFNO2. The van der Waals surface area contributed by atoms with Gasteiger partial charge in [-0.1, -0.05) is 15.9 Å². The third-order valence-electron chi connectivity index (χ3n) is 3.82. The molecule has 20 heavy (non-hydrogen) atoms. The van der Waals surface area contributed by atoms with Gasteiger partial charge >= 0.3 is 0 Å². The Morgan fingerprint density at radius 2 is 2.10 bits per heavy atom. The molecule has 1 unspecified atom stereocenters. The van der Waals surface area contributed by atoms with Crippen molar-refractivity contribution in [2.75, 3.05) is 19.8 Å². The summed E-state index contributed by atoms with van der Waals surface area (Å²) >= 11 is 3.31. The first-order valence-electron chi connectivity index (χ1n) is 6.98. The SMILES string of the molecule is CCOC1(C(N)Cc2cc(F)cc(Br)c2)CCOCC1. The molecule has 0 amide bonds. The standard InChI is InChI=1S/C15H21BrFNO2/c1-2-20-15(3-5-19-6-4-15)14(18)9-11-7-12(16)10-13(17)8-11/h7-8,10,14H,2-6,9,18H2,1H3. The molecule has 1 atom stereocenters. The zero-order valence-electron chi connectivity index (χ0n) is 11.7. The Balaban J connectivity index is 2.13. The van der Waals surface area contributed by atoms with Crippen molar-refractivity contribution in [3.63, 3.8) is 0 Å². The summed E-state index contributed by atoms with van der Waals surface area (Å²) < 4.78 is 25.5. The van der Waals surface area contributed by atoms with Crippen LogP contribution in [0, 0.1) is 5.82 Å². The van der Waals surface area contributed by atoms with E-state index in [9.17, 15) is 4.39 Å². The number of rotatable bonds is 5. The third kappa shape index (κ3) is 3.79. The Labute approximate surface area is 127 Å². The van der Waals surface area contributed by atoms with Crippen LogP contribution in [-0.4, -0.2) is 31.5 Å². The van der Waals surface area contributed by atoms with E-state index in [1.165, 1.54) is 12.1 Å².